The van der Waals surface area contributed by atoms with Gasteiger partial charge in [0.1, 0.15) is 0 Å². The fourth-order valence-corrected chi connectivity index (χ4v) is 9.41. The molecule has 7 rings (SSSR count). The van der Waals surface area contributed by atoms with Crippen molar-refractivity contribution >= 4 is 47.7 Å². The first-order chi connectivity index (χ1) is 21.9. The number of rotatable bonds is 6. The Morgan fingerprint density at radius 2 is 0.409 bits per heavy atom. The van der Waals surface area contributed by atoms with Gasteiger partial charge in [-0.3, -0.25) is 0 Å². The molecule has 0 aliphatic carbocycles. The van der Waals surface area contributed by atoms with Gasteiger partial charge in [0.2, 0.25) is 0 Å². The fourth-order valence-electron chi connectivity index (χ4n) is 4.80. The minimum absolute atomic E-state index is 0.446. The molecule has 0 spiro atoms. The molecule has 6 aromatic rings. The number of ether oxygens (including phenoxy) is 2. The van der Waals surface area contributed by atoms with E-state index in [1.807, 2.05) is 0 Å². The van der Waals surface area contributed by atoms with E-state index in [1.54, 1.807) is 0 Å². The highest BCUT2D eigenvalue weighted by atomic mass is 31.1. The second kappa shape index (κ2) is 18.0. The zero-order chi connectivity index (χ0) is 30.1. The van der Waals surface area contributed by atoms with E-state index in [9.17, 15) is 0 Å². The van der Waals surface area contributed by atoms with E-state index >= 15 is 0 Å². The van der Waals surface area contributed by atoms with E-state index in [2.05, 4.69) is 182 Å². The summed E-state index contributed by atoms with van der Waals surface area (Å²) in [5.74, 6) is 0. The number of benzene rings is 6. The first-order valence-corrected chi connectivity index (χ1v) is 17.6. The lowest BCUT2D eigenvalue weighted by Crippen LogP contribution is -2.20. The zero-order valence-corrected chi connectivity index (χ0v) is 26.6. The molecule has 220 valence electrons. The van der Waals surface area contributed by atoms with Crippen LogP contribution in [0.1, 0.15) is 0 Å². The van der Waals surface area contributed by atoms with Crippen molar-refractivity contribution in [2.75, 3.05) is 26.4 Å². The summed E-state index contributed by atoms with van der Waals surface area (Å²) in [7, 11) is -0.892. The maximum absolute atomic E-state index is 4.94. The predicted octanol–water partition coefficient (Wildman–Crippen LogP) is 6.92. The van der Waals surface area contributed by atoms with Gasteiger partial charge in [0, 0.05) is 0 Å². The lowest BCUT2D eigenvalue weighted by molar-refractivity contribution is -0.0334. The third-order valence-corrected chi connectivity index (χ3v) is 11.7. The number of hydrogen-bond donors (Lipinski definition) is 0. The summed E-state index contributed by atoms with van der Waals surface area (Å²) in [4.78, 5) is 0. The molecule has 2 nitrogen and oxygen atoms in total. The molecule has 0 N–H and O–H groups in total. The molecule has 0 atom stereocenters. The molecule has 1 saturated heterocycles. The Bertz CT molecular complexity index is 1260. The van der Waals surface area contributed by atoms with E-state index in [0.717, 1.165) is 26.4 Å². The summed E-state index contributed by atoms with van der Waals surface area (Å²) in [6.45, 7) is 3.11. The van der Waals surface area contributed by atoms with Crippen LogP contribution in [0.3, 0.4) is 0 Å². The van der Waals surface area contributed by atoms with Crippen molar-refractivity contribution in [1.82, 2.24) is 0 Å². The molecular weight excluding hydrogens is 574 g/mol. The Morgan fingerprint density at radius 1 is 0.250 bits per heavy atom. The molecule has 44 heavy (non-hydrogen) atoms. The van der Waals surface area contributed by atoms with Crippen molar-refractivity contribution in [2.45, 2.75) is 0 Å². The lowest BCUT2D eigenvalue weighted by Gasteiger charge is -2.18. The first kappa shape index (κ1) is 31.5. The molecule has 0 aromatic heterocycles. The minimum atomic E-state index is -0.446. The van der Waals surface area contributed by atoms with Crippen LogP contribution in [0, 0.1) is 0 Å². The molecule has 1 heterocycles. The SMILES string of the molecule is C1COCCO1.c1ccc(P(c2ccccc2)c2ccccc2)cc1.c1ccc(P(c2ccccc2)c2ccccc2)cc1. The van der Waals surface area contributed by atoms with E-state index in [0.29, 0.717) is 0 Å². The standard InChI is InChI=1S/2C18H15P.C4H8O2/c2*1-4-10-16(11-5-1)19(17-12-6-2-7-13-17)18-14-8-3-9-15-18;1-2-6-4-3-5-1/h2*1-15H;1-4H2. The highest BCUT2D eigenvalue weighted by Gasteiger charge is 2.16. The maximum Gasteiger partial charge on any atom is 0.0701 e. The molecule has 0 bridgehead atoms. The van der Waals surface area contributed by atoms with Crippen molar-refractivity contribution in [3.05, 3.63) is 182 Å². The summed E-state index contributed by atoms with van der Waals surface area (Å²) in [5, 5.41) is 8.39. The lowest BCUT2D eigenvalue weighted by atomic mass is 10.4. The Kier molecular flexibility index (Phi) is 12.9. The normalized spacial score (nSPS) is 12.4. The third-order valence-electron chi connectivity index (χ3n) is 6.83. The van der Waals surface area contributed by atoms with Gasteiger partial charge in [0.05, 0.1) is 26.4 Å². The average molecular weight is 613 g/mol. The molecule has 6 aromatic carbocycles. The first-order valence-electron chi connectivity index (χ1n) is 15.0. The van der Waals surface area contributed by atoms with E-state index in [-0.39, 0.29) is 0 Å². The molecule has 1 aliphatic rings. The molecule has 0 amide bonds. The van der Waals surface area contributed by atoms with Gasteiger partial charge >= 0.3 is 0 Å². The molecule has 1 aliphatic heterocycles. The monoisotopic (exact) mass is 612 g/mol. The Morgan fingerprint density at radius 3 is 0.545 bits per heavy atom. The fraction of sp³-hybridized carbons (Fsp3) is 0.100. The average Bonchev–Trinajstić information content (AvgIpc) is 3.13. The van der Waals surface area contributed by atoms with Gasteiger partial charge in [-0.1, -0.05) is 182 Å². The smallest absolute Gasteiger partial charge is 0.0701 e. The second-order valence-electron chi connectivity index (χ2n) is 9.91. The summed E-state index contributed by atoms with van der Waals surface area (Å²) < 4.78 is 9.89. The van der Waals surface area contributed by atoms with Crippen molar-refractivity contribution in [1.29, 1.82) is 0 Å². The van der Waals surface area contributed by atoms with Crippen LogP contribution in [0.4, 0.5) is 0 Å². The molecule has 4 heteroatoms. The highest BCUT2D eigenvalue weighted by molar-refractivity contribution is 7.80. The van der Waals surface area contributed by atoms with Gasteiger partial charge < -0.3 is 9.47 Å². The van der Waals surface area contributed by atoms with Crippen molar-refractivity contribution < 1.29 is 9.47 Å². The Balaban J connectivity index is 0.000000147. The van der Waals surface area contributed by atoms with Crippen LogP contribution in [-0.4, -0.2) is 26.4 Å². The number of hydrogen-bond acceptors (Lipinski definition) is 2. The highest BCUT2D eigenvalue weighted by Crippen LogP contribution is 2.33. The van der Waals surface area contributed by atoms with Crippen molar-refractivity contribution in [3.63, 3.8) is 0 Å². The van der Waals surface area contributed by atoms with Crippen LogP contribution in [0.5, 0.6) is 0 Å². The summed E-state index contributed by atoms with van der Waals surface area (Å²) in [6.07, 6.45) is 0. The maximum atomic E-state index is 4.94. The quantitative estimate of drug-likeness (QED) is 0.190. The molecule has 0 unspecified atom stereocenters. The van der Waals surface area contributed by atoms with Gasteiger partial charge in [-0.2, -0.15) is 0 Å². The van der Waals surface area contributed by atoms with Crippen molar-refractivity contribution in [2.24, 2.45) is 0 Å². The van der Waals surface area contributed by atoms with E-state index in [4.69, 9.17) is 9.47 Å². The van der Waals surface area contributed by atoms with Gasteiger partial charge in [0.25, 0.3) is 0 Å². The Labute approximate surface area is 264 Å². The second-order valence-corrected chi connectivity index (χ2v) is 14.3. The Hall–Kier alpha value is -3.90. The minimum Gasteiger partial charge on any atom is -0.377 e. The van der Waals surface area contributed by atoms with Crippen LogP contribution < -0.4 is 31.8 Å². The van der Waals surface area contributed by atoms with Gasteiger partial charge in [0.15, 0.2) is 0 Å². The topological polar surface area (TPSA) is 18.5 Å². The third kappa shape index (κ3) is 9.55. The molecule has 0 saturated carbocycles. The van der Waals surface area contributed by atoms with Crippen LogP contribution in [0.25, 0.3) is 0 Å². The van der Waals surface area contributed by atoms with E-state index in [1.165, 1.54) is 31.8 Å². The van der Waals surface area contributed by atoms with Crippen LogP contribution >= 0.6 is 15.8 Å². The van der Waals surface area contributed by atoms with E-state index < -0.39 is 15.8 Å². The summed E-state index contributed by atoms with van der Waals surface area (Å²) >= 11 is 0. The summed E-state index contributed by atoms with van der Waals surface area (Å²) in [6, 6.07) is 64.7. The largest absolute Gasteiger partial charge is 0.377 e. The van der Waals surface area contributed by atoms with Gasteiger partial charge in [-0.15, -0.1) is 0 Å². The van der Waals surface area contributed by atoms with Crippen LogP contribution in [-0.2, 0) is 9.47 Å². The van der Waals surface area contributed by atoms with Crippen LogP contribution in [0.2, 0.25) is 0 Å². The summed E-state index contributed by atoms with van der Waals surface area (Å²) in [5.41, 5.74) is 0. The molecule has 1 fully saturated rings. The van der Waals surface area contributed by atoms with Crippen LogP contribution in [0.15, 0.2) is 182 Å². The molecule has 0 radical (unpaired) electrons. The van der Waals surface area contributed by atoms with Gasteiger partial charge in [-0.05, 0) is 47.7 Å². The molecular formula is C40H38O2P2. The van der Waals surface area contributed by atoms with Crippen molar-refractivity contribution in [3.8, 4) is 0 Å². The zero-order valence-electron chi connectivity index (χ0n) is 24.9. The predicted molar refractivity (Wildman–Crippen MR) is 192 cm³/mol. The van der Waals surface area contributed by atoms with Gasteiger partial charge in [-0.25, -0.2) is 0 Å².